The first-order valence-corrected chi connectivity index (χ1v) is 8.23. The quantitative estimate of drug-likeness (QED) is 0.630. The van der Waals surface area contributed by atoms with E-state index in [0.717, 1.165) is 18.0 Å². The first-order chi connectivity index (χ1) is 10.2. The van der Waals surface area contributed by atoms with Crippen molar-refractivity contribution in [2.45, 2.75) is 18.6 Å². The Morgan fingerprint density at radius 1 is 1.10 bits per heavy atom. The van der Waals surface area contributed by atoms with Crippen molar-refractivity contribution in [3.8, 4) is 0 Å². The predicted octanol–water partition coefficient (Wildman–Crippen LogP) is 4.89. The van der Waals surface area contributed by atoms with Crippen LogP contribution in [0, 0.1) is 0 Å². The van der Waals surface area contributed by atoms with Crippen molar-refractivity contribution >= 4 is 28.5 Å². The van der Waals surface area contributed by atoms with Gasteiger partial charge in [-0.3, -0.25) is 4.99 Å². The monoisotopic (exact) mass is 318 g/mol. The lowest BCUT2D eigenvalue weighted by Crippen LogP contribution is -2.11. The smallest absolute Gasteiger partial charge is 0.154 e. The highest BCUT2D eigenvalue weighted by Crippen LogP contribution is 2.36. The van der Waals surface area contributed by atoms with E-state index in [1.165, 1.54) is 11.1 Å². The van der Waals surface area contributed by atoms with Crippen molar-refractivity contribution in [1.29, 1.82) is 0 Å². The Bertz CT molecular complexity index is 581. The summed E-state index contributed by atoms with van der Waals surface area (Å²) in [5.74, 6) is 0. The van der Waals surface area contributed by atoms with Gasteiger partial charge in [0.1, 0.15) is 0 Å². The lowest BCUT2D eigenvalue weighted by Gasteiger charge is -2.17. The van der Waals surface area contributed by atoms with Crippen molar-refractivity contribution < 1.29 is 0 Å². The standard InChI is InChI=1S/C17H19ClN2S/c1-2-12-20-17(19)21-16(13-6-4-3-5-7-13)14-8-10-15(18)11-9-14/h3-11,16H,2,12H2,1H3,(H2,19,20)/t16-/m0/s1. The third kappa shape index (κ3) is 4.80. The van der Waals surface area contributed by atoms with Gasteiger partial charge in [0, 0.05) is 11.6 Å². The minimum absolute atomic E-state index is 0.129. The number of nitrogens with two attached hydrogens (primary N) is 1. The molecule has 0 fully saturated rings. The Morgan fingerprint density at radius 2 is 1.71 bits per heavy atom. The van der Waals surface area contributed by atoms with Gasteiger partial charge in [0.05, 0.1) is 5.25 Å². The Balaban J connectivity index is 2.29. The summed E-state index contributed by atoms with van der Waals surface area (Å²) in [6.07, 6.45) is 0.998. The van der Waals surface area contributed by atoms with Crippen LogP contribution in [-0.4, -0.2) is 11.7 Å². The number of hydrogen-bond acceptors (Lipinski definition) is 2. The highest BCUT2D eigenvalue weighted by atomic mass is 35.5. The number of thioether (sulfide) groups is 1. The number of halogens is 1. The fourth-order valence-corrected chi connectivity index (χ4v) is 3.09. The molecule has 2 aromatic rings. The molecule has 0 amide bonds. The molecular weight excluding hydrogens is 300 g/mol. The average molecular weight is 319 g/mol. The maximum Gasteiger partial charge on any atom is 0.154 e. The summed E-state index contributed by atoms with van der Waals surface area (Å²) in [5, 5.41) is 1.49. The summed E-state index contributed by atoms with van der Waals surface area (Å²) in [5.41, 5.74) is 8.43. The van der Waals surface area contributed by atoms with E-state index in [4.69, 9.17) is 17.3 Å². The Hall–Kier alpha value is -1.45. The lowest BCUT2D eigenvalue weighted by atomic mass is 10.0. The molecule has 4 heteroatoms. The fourth-order valence-electron chi connectivity index (χ4n) is 1.97. The van der Waals surface area contributed by atoms with Crippen LogP contribution in [0.3, 0.4) is 0 Å². The van der Waals surface area contributed by atoms with E-state index >= 15 is 0 Å². The third-order valence-electron chi connectivity index (χ3n) is 3.00. The molecule has 0 aromatic heterocycles. The van der Waals surface area contributed by atoms with Gasteiger partial charge < -0.3 is 5.73 Å². The van der Waals surface area contributed by atoms with Crippen molar-refractivity contribution in [2.75, 3.05) is 6.54 Å². The molecule has 0 aliphatic rings. The number of hydrogen-bond donors (Lipinski definition) is 1. The van der Waals surface area contributed by atoms with E-state index in [-0.39, 0.29) is 5.25 Å². The third-order valence-corrected chi connectivity index (χ3v) is 4.41. The van der Waals surface area contributed by atoms with Crippen LogP contribution in [0.25, 0.3) is 0 Å². The largest absolute Gasteiger partial charge is 0.379 e. The number of rotatable bonds is 5. The fraction of sp³-hybridized carbons (Fsp3) is 0.235. The molecule has 0 aliphatic heterocycles. The molecule has 0 saturated heterocycles. The Morgan fingerprint density at radius 3 is 2.33 bits per heavy atom. The second kappa shape index (κ2) is 8.11. The van der Waals surface area contributed by atoms with Crippen LogP contribution in [0.1, 0.15) is 29.7 Å². The van der Waals surface area contributed by atoms with Gasteiger partial charge in [-0.15, -0.1) is 0 Å². The highest BCUT2D eigenvalue weighted by Gasteiger charge is 2.16. The number of benzene rings is 2. The first kappa shape index (κ1) is 15.9. The van der Waals surface area contributed by atoms with Crippen LogP contribution in [-0.2, 0) is 0 Å². The number of amidine groups is 1. The van der Waals surface area contributed by atoms with Crippen LogP contribution < -0.4 is 5.73 Å². The summed E-state index contributed by atoms with van der Waals surface area (Å²) in [6.45, 7) is 2.86. The molecule has 2 aromatic carbocycles. The second-order valence-corrected chi connectivity index (χ2v) is 6.24. The highest BCUT2D eigenvalue weighted by molar-refractivity contribution is 8.14. The molecule has 0 aliphatic carbocycles. The second-order valence-electron chi connectivity index (χ2n) is 4.68. The Labute approximate surface area is 135 Å². The van der Waals surface area contributed by atoms with Crippen LogP contribution >= 0.6 is 23.4 Å². The SMILES string of the molecule is CCCN=C(N)S[C@@H](c1ccccc1)c1ccc(Cl)cc1. The summed E-state index contributed by atoms with van der Waals surface area (Å²) in [4.78, 5) is 4.38. The zero-order valence-corrected chi connectivity index (χ0v) is 13.6. The zero-order chi connectivity index (χ0) is 15.1. The van der Waals surface area contributed by atoms with Crippen molar-refractivity contribution in [3.05, 3.63) is 70.7 Å². The van der Waals surface area contributed by atoms with Crippen LogP contribution in [0.2, 0.25) is 5.02 Å². The Kier molecular flexibility index (Phi) is 6.15. The topological polar surface area (TPSA) is 38.4 Å². The van der Waals surface area contributed by atoms with E-state index < -0.39 is 0 Å². The van der Waals surface area contributed by atoms with E-state index in [1.54, 1.807) is 11.8 Å². The molecule has 0 spiro atoms. The molecule has 0 unspecified atom stereocenters. The van der Waals surface area contributed by atoms with Crippen molar-refractivity contribution in [2.24, 2.45) is 10.7 Å². The number of aliphatic imine (C=N–C) groups is 1. The van der Waals surface area contributed by atoms with E-state index in [0.29, 0.717) is 5.17 Å². The maximum atomic E-state index is 6.05. The van der Waals surface area contributed by atoms with Crippen LogP contribution in [0.4, 0.5) is 0 Å². The normalized spacial score (nSPS) is 13.1. The molecule has 0 radical (unpaired) electrons. The molecule has 2 rings (SSSR count). The number of nitrogens with zero attached hydrogens (tertiary/aromatic N) is 1. The van der Waals surface area contributed by atoms with Gasteiger partial charge in [0.2, 0.25) is 0 Å². The predicted molar refractivity (Wildman–Crippen MR) is 94.1 cm³/mol. The molecule has 0 heterocycles. The molecule has 110 valence electrons. The molecule has 21 heavy (non-hydrogen) atoms. The van der Waals surface area contributed by atoms with Gasteiger partial charge in [0.15, 0.2) is 5.17 Å². The zero-order valence-electron chi connectivity index (χ0n) is 12.0. The lowest BCUT2D eigenvalue weighted by molar-refractivity contribution is 0.933. The van der Waals surface area contributed by atoms with Crippen molar-refractivity contribution in [1.82, 2.24) is 0 Å². The van der Waals surface area contributed by atoms with Gasteiger partial charge in [-0.1, -0.05) is 72.8 Å². The average Bonchev–Trinajstić information content (AvgIpc) is 2.52. The minimum Gasteiger partial charge on any atom is -0.379 e. The molecule has 1 atom stereocenters. The van der Waals surface area contributed by atoms with E-state index in [1.807, 2.05) is 42.5 Å². The van der Waals surface area contributed by atoms with Gasteiger partial charge in [-0.2, -0.15) is 0 Å². The summed E-state index contributed by atoms with van der Waals surface area (Å²) >= 11 is 7.56. The molecular formula is C17H19ClN2S. The van der Waals surface area contributed by atoms with E-state index in [9.17, 15) is 0 Å². The molecule has 0 bridgehead atoms. The van der Waals surface area contributed by atoms with Gasteiger partial charge in [0.25, 0.3) is 0 Å². The first-order valence-electron chi connectivity index (χ1n) is 6.97. The van der Waals surface area contributed by atoms with Crippen molar-refractivity contribution in [3.63, 3.8) is 0 Å². The van der Waals surface area contributed by atoms with Gasteiger partial charge in [-0.05, 0) is 29.7 Å². The van der Waals surface area contributed by atoms with Gasteiger partial charge >= 0.3 is 0 Å². The molecule has 0 saturated carbocycles. The summed E-state index contributed by atoms with van der Waals surface area (Å²) in [6, 6.07) is 18.2. The van der Waals surface area contributed by atoms with Gasteiger partial charge in [-0.25, -0.2) is 0 Å². The van der Waals surface area contributed by atoms with Crippen LogP contribution in [0.15, 0.2) is 59.6 Å². The van der Waals surface area contributed by atoms with Crippen LogP contribution in [0.5, 0.6) is 0 Å². The van der Waals surface area contributed by atoms with E-state index in [2.05, 4.69) is 24.0 Å². The summed E-state index contributed by atoms with van der Waals surface area (Å²) < 4.78 is 0. The maximum absolute atomic E-state index is 6.05. The molecule has 2 N–H and O–H groups in total. The molecule has 2 nitrogen and oxygen atoms in total. The minimum atomic E-state index is 0.129. The summed E-state index contributed by atoms with van der Waals surface area (Å²) in [7, 11) is 0.